The summed E-state index contributed by atoms with van der Waals surface area (Å²) in [6.07, 6.45) is -0.758. The van der Waals surface area contributed by atoms with E-state index >= 15 is 0 Å². The van der Waals surface area contributed by atoms with E-state index in [4.69, 9.17) is 4.55 Å². The molecule has 94 valence electrons. The van der Waals surface area contributed by atoms with Crippen molar-refractivity contribution in [2.24, 2.45) is 0 Å². The molecule has 1 atom stereocenters. The molecule has 0 saturated carbocycles. The summed E-state index contributed by atoms with van der Waals surface area (Å²) in [7, 11) is -4.68. The van der Waals surface area contributed by atoms with Crippen molar-refractivity contribution in [1.29, 1.82) is 0 Å². The van der Waals surface area contributed by atoms with Gasteiger partial charge in [-0.2, -0.15) is 8.42 Å². The van der Waals surface area contributed by atoms with Crippen molar-refractivity contribution in [3.63, 3.8) is 0 Å². The molecule has 0 aromatic heterocycles. The molecular formula is C8H14O7S. The van der Waals surface area contributed by atoms with Crippen LogP contribution >= 0.6 is 0 Å². The molecule has 0 heterocycles. The first kappa shape index (κ1) is 14.8. The van der Waals surface area contributed by atoms with Crippen molar-refractivity contribution in [3.05, 3.63) is 0 Å². The lowest BCUT2D eigenvalue weighted by Gasteiger charge is -2.11. The Hall–Kier alpha value is -1.15. The number of rotatable bonds is 6. The molecule has 0 fully saturated rings. The fourth-order valence-corrected chi connectivity index (χ4v) is 1.57. The number of esters is 2. The summed E-state index contributed by atoms with van der Waals surface area (Å²) in [5.74, 6) is -2.06. The minimum atomic E-state index is -4.68. The molecular weight excluding hydrogens is 240 g/mol. The smallest absolute Gasteiger partial charge is 0.327 e. The van der Waals surface area contributed by atoms with E-state index in [1.807, 2.05) is 0 Å². The first-order chi connectivity index (χ1) is 7.32. The number of hydrogen-bond acceptors (Lipinski definition) is 6. The highest BCUT2D eigenvalue weighted by Crippen LogP contribution is 2.08. The van der Waals surface area contributed by atoms with Crippen molar-refractivity contribution in [2.75, 3.05) is 13.2 Å². The van der Waals surface area contributed by atoms with E-state index in [0.717, 1.165) is 0 Å². The third-order valence-corrected chi connectivity index (χ3v) is 2.64. The summed E-state index contributed by atoms with van der Waals surface area (Å²) in [5, 5.41) is -1.92. The third kappa shape index (κ3) is 5.08. The molecule has 0 bridgehead atoms. The average molecular weight is 254 g/mol. The van der Waals surface area contributed by atoms with Gasteiger partial charge in [-0.25, -0.2) is 0 Å². The predicted molar refractivity (Wildman–Crippen MR) is 53.2 cm³/mol. The van der Waals surface area contributed by atoms with Gasteiger partial charge in [0.05, 0.1) is 19.6 Å². The van der Waals surface area contributed by atoms with Gasteiger partial charge in [0.25, 0.3) is 10.1 Å². The monoisotopic (exact) mass is 254 g/mol. The van der Waals surface area contributed by atoms with Crippen LogP contribution in [0.4, 0.5) is 0 Å². The molecule has 0 aromatic carbocycles. The number of ether oxygens (including phenoxy) is 2. The Balaban J connectivity index is 4.71. The number of carbonyl (C=O) groups is 2. The summed E-state index contributed by atoms with van der Waals surface area (Å²) in [6.45, 7) is 3.02. The van der Waals surface area contributed by atoms with Gasteiger partial charge in [-0.05, 0) is 13.8 Å². The van der Waals surface area contributed by atoms with Crippen molar-refractivity contribution in [2.45, 2.75) is 25.5 Å². The highest BCUT2D eigenvalue weighted by atomic mass is 32.2. The zero-order valence-corrected chi connectivity index (χ0v) is 9.82. The Morgan fingerprint density at radius 3 is 2.06 bits per heavy atom. The van der Waals surface area contributed by atoms with E-state index in [0.29, 0.717) is 0 Å². The van der Waals surface area contributed by atoms with Crippen LogP contribution in [0, 0.1) is 0 Å². The van der Waals surface area contributed by atoms with Crippen molar-refractivity contribution in [1.82, 2.24) is 0 Å². The molecule has 0 rings (SSSR count). The van der Waals surface area contributed by atoms with Crippen LogP contribution < -0.4 is 0 Å². The van der Waals surface area contributed by atoms with Crippen LogP contribution in [0.5, 0.6) is 0 Å². The van der Waals surface area contributed by atoms with Crippen LogP contribution in [0.25, 0.3) is 0 Å². The summed E-state index contributed by atoms with van der Waals surface area (Å²) in [4.78, 5) is 22.2. The lowest BCUT2D eigenvalue weighted by atomic mass is 10.3. The molecule has 16 heavy (non-hydrogen) atoms. The van der Waals surface area contributed by atoms with E-state index in [1.165, 1.54) is 13.8 Å². The second-order valence-corrected chi connectivity index (χ2v) is 4.36. The molecule has 0 aromatic rings. The highest BCUT2D eigenvalue weighted by Gasteiger charge is 2.35. The summed E-state index contributed by atoms with van der Waals surface area (Å²) >= 11 is 0. The largest absolute Gasteiger partial charge is 0.466 e. The molecule has 0 saturated heterocycles. The second kappa shape index (κ2) is 6.44. The van der Waals surface area contributed by atoms with Crippen LogP contribution in [0.15, 0.2) is 0 Å². The van der Waals surface area contributed by atoms with Crippen molar-refractivity contribution < 1.29 is 32.0 Å². The molecule has 0 spiro atoms. The maximum Gasteiger partial charge on any atom is 0.327 e. The maximum atomic E-state index is 11.2. The zero-order chi connectivity index (χ0) is 12.8. The Labute approximate surface area is 93.5 Å². The van der Waals surface area contributed by atoms with E-state index in [1.54, 1.807) is 0 Å². The standard InChI is InChI=1S/C8H14O7S/c1-3-14-7(9)5-6(16(11,12)13)8(10)15-4-2/h6H,3-5H2,1-2H3,(H,11,12,13)/t6-/m0/s1. The Morgan fingerprint density at radius 1 is 1.19 bits per heavy atom. The minimum Gasteiger partial charge on any atom is -0.466 e. The fourth-order valence-electron chi connectivity index (χ4n) is 0.917. The molecule has 0 amide bonds. The van der Waals surface area contributed by atoms with E-state index in [9.17, 15) is 18.0 Å². The first-order valence-electron chi connectivity index (χ1n) is 4.61. The molecule has 0 aliphatic rings. The van der Waals surface area contributed by atoms with Crippen LogP contribution in [-0.2, 0) is 29.2 Å². The molecule has 0 unspecified atom stereocenters. The first-order valence-corrected chi connectivity index (χ1v) is 6.11. The molecule has 0 aliphatic heterocycles. The summed E-state index contributed by atoms with van der Waals surface area (Å²) in [5.41, 5.74) is 0. The van der Waals surface area contributed by atoms with Gasteiger partial charge in [-0.3, -0.25) is 14.1 Å². The summed E-state index contributed by atoms with van der Waals surface area (Å²) in [6, 6.07) is 0. The molecule has 1 N–H and O–H groups in total. The van der Waals surface area contributed by atoms with Crippen molar-refractivity contribution >= 4 is 22.1 Å². The highest BCUT2D eigenvalue weighted by molar-refractivity contribution is 7.87. The van der Waals surface area contributed by atoms with E-state index < -0.39 is 33.7 Å². The van der Waals surface area contributed by atoms with Gasteiger partial charge in [-0.15, -0.1) is 0 Å². The fraction of sp³-hybridized carbons (Fsp3) is 0.750. The van der Waals surface area contributed by atoms with Gasteiger partial charge in [0.2, 0.25) is 0 Å². The van der Waals surface area contributed by atoms with Crippen LogP contribution in [0.1, 0.15) is 20.3 Å². The molecule has 0 aliphatic carbocycles. The van der Waals surface area contributed by atoms with Crippen LogP contribution in [0.2, 0.25) is 0 Å². The van der Waals surface area contributed by atoms with E-state index in [-0.39, 0.29) is 13.2 Å². The quantitative estimate of drug-likeness (QED) is 0.514. The predicted octanol–water partition coefficient (Wildman–Crippen LogP) is -0.241. The molecule has 7 nitrogen and oxygen atoms in total. The third-order valence-electron chi connectivity index (χ3n) is 1.57. The minimum absolute atomic E-state index is 0.0479. The average Bonchev–Trinajstić information content (AvgIpc) is 2.13. The van der Waals surface area contributed by atoms with Gasteiger partial charge >= 0.3 is 11.9 Å². The Kier molecular flexibility index (Phi) is 5.97. The lowest BCUT2D eigenvalue weighted by molar-refractivity contribution is -0.149. The zero-order valence-electron chi connectivity index (χ0n) is 9.00. The van der Waals surface area contributed by atoms with Crippen molar-refractivity contribution in [3.8, 4) is 0 Å². The van der Waals surface area contributed by atoms with Gasteiger partial charge in [-0.1, -0.05) is 0 Å². The van der Waals surface area contributed by atoms with Crippen LogP contribution in [0.3, 0.4) is 0 Å². The molecule has 8 heteroatoms. The topological polar surface area (TPSA) is 107 Å². The Bertz CT molecular complexity index is 345. The van der Waals surface area contributed by atoms with Gasteiger partial charge in [0.15, 0.2) is 5.25 Å². The maximum absolute atomic E-state index is 11.2. The van der Waals surface area contributed by atoms with Gasteiger partial charge in [0.1, 0.15) is 0 Å². The summed E-state index contributed by atoms with van der Waals surface area (Å²) < 4.78 is 39.3. The molecule has 0 radical (unpaired) electrons. The Morgan fingerprint density at radius 2 is 1.69 bits per heavy atom. The number of carbonyl (C=O) groups excluding carboxylic acids is 2. The van der Waals surface area contributed by atoms with Crippen LogP contribution in [-0.4, -0.2) is 43.4 Å². The lowest BCUT2D eigenvalue weighted by Crippen LogP contribution is -2.34. The van der Waals surface area contributed by atoms with Gasteiger partial charge < -0.3 is 9.47 Å². The normalized spacial score (nSPS) is 12.9. The SMILES string of the molecule is CCOC(=O)C[C@@H](C(=O)OCC)S(=O)(=O)O. The second-order valence-electron chi connectivity index (χ2n) is 2.76. The van der Waals surface area contributed by atoms with Gasteiger partial charge in [0, 0.05) is 0 Å². The van der Waals surface area contributed by atoms with E-state index in [2.05, 4.69) is 9.47 Å². The number of hydrogen-bond donors (Lipinski definition) is 1.